The van der Waals surface area contributed by atoms with Gasteiger partial charge in [0.2, 0.25) is 0 Å². The topological polar surface area (TPSA) is 17.3 Å². The van der Waals surface area contributed by atoms with Crippen molar-refractivity contribution in [2.45, 2.75) is 0 Å². The lowest BCUT2D eigenvalue weighted by atomic mass is 10.3. The molecule has 2 heterocycles. The lowest BCUT2D eigenvalue weighted by Crippen LogP contribution is -1.89. The summed E-state index contributed by atoms with van der Waals surface area (Å²) in [5.74, 6) is 6.13. The highest BCUT2D eigenvalue weighted by Crippen LogP contribution is 2.03. The SMILES string of the molecule is ClCC#Cc1cccc2nccn12. The minimum absolute atomic E-state index is 0.352. The molecule has 0 bridgehead atoms. The molecule has 13 heavy (non-hydrogen) atoms. The zero-order valence-corrected chi connectivity index (χ0v) is 7.62. The zero-order chi connectivity index (χ0) is 9.10. The van der Waals surface area contributed by atoms with E-state index in [0.29, 0.717) is 5.88 Å². The second-order valence-corrected chi connectivity index (χ2v) is 2.77. The van der Waals surface area contributed by atoms with Crippen molar-refractivity contribution in [1.82, 2.24) is 9.38 Å². The van der Waals surface area contributed by atoms with Crippen LogP contribution in [0.15, 0.2) is 30.6 Å². The molecule has 0 aromatic carbocycles. The summed E-state index contributed by atoms with van der Waals surface area (Å²) in [6, 6.07) is 5.81. The number of fused-ring (bicyclic) bond motifs is 1. The Morgan fingerprint density at radius 2 is 2.38 bits per heavy atom. The normalized spacial score (nSPS) is 9.62. The van der Waals surface area contributed by atoms with Crippen molar-refractivity contribution in [1.29, 1.82) is 0 Å². The molecule has 0 unspecified atom stereocenters. The number of imidazole rings is 1. The van der Waals surface area contributed by atoms with Gasteiger partial charge in [-0.15, -0.1) is 11.6 Å². The second kappa shape index (κ2) is 3.51. The van der Waals surface area contributed by atoms with E-state index in [0.717, 1.165) is 11.3 Å². The molecule has 0 amide bonds. The van der Waals surface area contributed by atoms with E-state index < -0.39 is 0 Å². The predicted octanol–water partition coefficient (Wildman–Crippen LogP) is 1.92. The van der Waals surface area contributed by atoms with Gasteiger partial charge in [-0.25, -0.2) is 4.98 Å². The Bertz CT molecular complexity index is 476. The van der Waals surface area contributed by atoms with Crippen molar-refractivity contribution in [2.75, 3.05) is 5.88 Å². The van der Waals surface area contributed by atoms with Crippen LogP contribution in [0.3, 0.4) is 0 Å². The molecule has 0 aliphatic carbocycles. The van der Waals surface area contributed by atoms with Crippen molar-refractivity contribution in [3.63, 3.8) is 0 Å². The van der Waals surface area contributed by atoms with Crippen molar-refractivity contribution in [3.05, 3.63) is 36.3 Å². The lowest BCUT2D eigenvalue weighted by Gasteiger charge is -1.95. The summed E-state index contributed by atoms with van der Waals surface area (Å²) in [6.07, 6.45) is 3.63. The van der Waals surface area contributed by atoms with Gasteiger partial charge in [0.15, 0.2) is 0 Å². The van der Waals surface area contributed by atoms with Crippen LogP contribution in [-0.4, -0.2) is 15.3 Å². The van der Waals surface area contributed by atoms with Crippen LogP contribution in [-0.2, 0) is 0 Å². The van der Waals surface area contributed by atoms with Gasteiger partial charge in [-0.3, -0.25) is 4.40 Å². The number of halogens is 1. The van der Waals surface area contributed by atoms with Crippen LogP contribution >= 0.6 is 11.6 Å². The number of alkyl halides is 1. The van der Waals surface area contributed by atoms with E-state index in [1.165, 1.54) is 0 Å². The van der Waals surface area contributed by atoms with Crippen LogP contribution in [0.5, 0.6) is 0 Å². The zero-order valence-electron chi connectivity index (χ0n) is 6.87. The van der Waals surface area contributed by atoms with Crippen LogP contribution in [0.25, 0.3) is 5.65 Å². The van der Waals surface area contributed by atoms with Crippen molar-refractivity contribution >= 4 is 17.2 Å². The Kier molecular flexibility index (Phi) is 2.20. The van der Waals surface area contributed by atoms with Crippen LogP contribution < -0.4 is 0 Å². The molecule has 2 rings (SSSR count). The first-order valence-electron chi connectivity index (χ1n) is 3.89. The van der Waals surface area contributed by atoms with E-state index in [1.807, 2.05) is 28.8 Å². The monoisotopic (exact) mass is 190 g/mol. The summed E-state index contributed by atoms with van der Waals surface area (Å²) in [5, 5.41) is 0. The first kappa shape index (κ1) is 8.15. The fraction of sp³-hybridized carbons (Fsp3) is 0.100. The summed E-state index contributed by atoms with van der Waals surface area (Å²) in [4.78, 5) is 4.15. The van der Waals surface area contributed by atoms with Gasteiger partial charge >= 0.3 is 0 Å². The largest absolute Gasteiger partial charge is 0.293 e. The molecule has 0 N–H and O–H groups in total. The fourth-order valence-corrected chi connectivity index (χ4v) is 1.24. The fourth-order valence-electron chi connectivity index (χ4n) is 1.17. The minimum Gasteiger partial charge on any atom is -0.293 e. The Labute approximate surface area is 81.2 Å². The predicted molar refractivity (Wildman–Crippen MR) is 52.8 cm³/mol. The van der Waals surface area contributed by atoms with E-state index in [4.69, 9.17) is 11.6 Å². The smallest absolute Gasteiger partial charge is 0.137 e. The molecular formula is C10H7ClN2. The lowest BCUT2D eigenvalue weighted by molar-refractivity contribution is 1.15. The van der Waals surface area contributed by atoms with Crippen LogP contribution in [0.4, 0.5) is 0 Å². The molecule has 0 aliphatic heterocycles. The standard InChI is InChI=1S/C10H7ClN2/c11-6-2-4-9-3-1-5-10-12-7-8-13(9)10/h1,3,5,7-8H,6H2. The van der Waals surface area contributed by atoms with Gasteiger partial charge < -0.3 is 0 Å². The maximum atomic E-state index is 5.48. The highest BCUT2D eigenvalue weighted by Gasteiger charge is 1.95. The average molecular weight is 191 g/mol. The average Bonchev–Trinajstić information content (AvgIpc) is 2.62. The number of pyridine rings is 1. The quantitative estimate of drug-likeness (QED) is 0.458. The van der Waals surface area contributed by atoms with Gasteiger partial charge in [0.25, 0.3) is 0 Å². The number of hydrogen-bond acceptors (Lipinski definition) is 1. The maximum Gasteiger partial charge on any atom is 0.137 e. The molecular weight excluding hydrogens is 184 g/mol. The summed E-state index contributed by atoms with van der Waals surface area (Å²) in [6.45, 7) is 0. The molecule has 64 valence electrons. The van der Waals surface area contributed by atoms with Gasteiger partial charge in [0.05, 0.1) is 11.6 Å². The third-order valence-electron chi connectivity index (χ3n) is 1.71. The maximum absolute atomic E-state index is 5.48. The number of rotatable bonds is 0. The van der Waals surface area contributed by atoms with Crippen molar-refractivity contribution in [2.24, 2.45) is 0 Å². The van der Waals surface area contributed by atoms with Crippen LogP contribution in [0.1, 0.15) is 5.69 Å². The highest BCUT2D eigenvalue weighted by molar-refractivity contribution is 6.19. The van der Waals surface area contributed by atoms with E-state index in [9.17, 15) is 0 Å². The van der Waals surface area contributed by atoms with Gasteiger partial charge in [-0.05, 0) is 18.1 Å². The summed E-state index contributed by atoms with van der Waals surface area (Å²) in [5.41, 5.74) is 1.82. The molecule has 2 aromatic heterocycles. The molecule has 0 saturated carbocycles. The molecule has 0 fully saturated rings. The first-order valence-corrected chi connectivity index (χ1v) is 4.42. The number of aromatic nitrogens is 2. The molecule has 2 aromatic rings. The number of hydrogen-bond donors (Lipinski definition) is 0. The van der Waals surface area contributed by atoms with E-state index in [-0.39, 0.29) is 0 Å². The Balaban J connectivity index is 2.61. The van der Waals surface area contributed by atoms with Crippen LogP contribution in [0.2, 0.25) is 0 Å². The number of nitrogens with zero attached hydrogens (tertiary/aromatic N) is 2. The molecule has 0 spiro atoms. The van der Waals surface area contributed by atoms with E-state index in [2.05, 4.69) is 16.8 Å². The van der Waals surface area contributed by atoms with Crippen LogP contribution in [0, 0.1) is 11.8 Å². The van der Waals surface area contributed by atoms with Gasteiger partial charge in [-0.2, -0.15) is 0 Å². The molecule has 0 atom stereocenters. The molecule has 0 aliphatic rings. The molecule has 3 heteroatoms. The minimum atomic E-state index is 0.352. The Morgan fingerprint density at radius 3 is 3.23 bits per heavy atom. The van der Waals surface area contributed by atoms with E-state index >= 15 is 0 Å². The first-order chi connectivity index (χ1) is 6.42. The summed E-state index contributed by atoms with van der Waals surface area (Å²) in [7, 11) is 0. The van der Waals surface area contributed by atoms with Gasteiger partial charge in [0.1, 0.15) is 5.65 Å². The third kappa shape index (κ3) is 1.51. The second-order valence-electron chi connectivity index (χ2n) is 2.50. The van der Waals surface area contributed by atoms with E-state index in [1.54, 1.807) is 6.20 Å². The Morgan fingerprint density at radius 1 is 1.46 bits per heavy atom. The highest BCUT2D eigenvalue weighted by atomic mass is 35.5. The van der Waals surface area contributed by atoms with Gasteiger partial charge in [-0.1, -0.05) is 12.0 Å². The summed E-state index contributed by atoms with van der Waals surface area (Å²) < 4.78 is 1.93. The summed E-state index contributed by atoms with van der Waals surface area (Å²) >= 11 is 5.48. The van der Waals surface area contributed by atoms with Crippen molar-refractivity contribution < 1.29 is 0 Å². The van der Waals surface area contributed by atoms with Gasteiger partial charge in [0, 0.05) is 12.4 Å². The molecule has 0 saturated heterocycles. The molecule has 2 nitrogen and oxygen atoms in total. The Hall–Kier alpha value is -1.46. The third-order valence-corrected chi connectivity index (χ3v) is 1.85. The van der Waals surface area contributed by atoms with Crippen molar-refractivity contribution in [3.8, 4) is 11.8 Å². The molecule has 0 radical (unpaired) electrons.